The Morgan fingerprint density at radius 2 is 1.61 bits per heavy atom. The molecule has 2 aromatic carbocycles. The van der Waals surface area contributed by atoms with Crippen molar-refractivity contribution >= 4 is 11.4 Å². The fourth-order valence-corrected chi connectivity index (χ4v) is 2.10. The van der Waals surface area contributed by atoms with Crippen molar-refractivity contribution < 1.29 is 9.85 Å². The molecule has 9 heteroatoms. The van der Waals surface area contributed by atoms with Crippen LogP contribution in [0.4, 0.5) is 11.4 Å². The molecule has 0 fully saturated rings. The molecule has 0 aliphatic rings. The number of non-ortho nitro benzene ring substituents is 2. The van der Waals surface area contributed by atoms with E-state index in [0.29, 0.717) is 17.1 Å². The summed E-state index contributed by atoms with van der Waals surface area (Å²) < 4.78 is 1.46. The maximum Gasteiger partial charge on any atom is 0.270 e. The van der Waals surface area contributed by atoms with Gasteiger partial charge in [-0.1, -0.05) is 12.1 Å². The number of hydrogen-bond donors (Lipinski definition) is 0. The van der Waals surface area contributed by atoms with Gasteiger partial charge in [-0.15, -0.1) is 0 Å². The third-order valence-corrected chi connectivity index (χ3v) is 3.17. The van der Waals surface area contributed by atoms with E-state index in [1.165, 1.54) is 47.4 Å². The summed E-state index contributed by atoms with van der Waals surface area (Å²) in [5.74, 6) is 0.405. The van der Waals surface area contributed by atoms with Crippen LogP contribution in [0, 0.1) is 20.2 Å². The number of nitro groups is 2. The maximum absolute atomic E-state index is 10.9. The Labute approximate surface area is 129 Å². The molecule has 9 nitrogen and oxygen atoms in total. The van der Waals surface area contributed by atoms with Gasteiger partial charge >= 0.3 is 0 Å². The van der Waals surface area contributed by atoms with Gasteiger partial charge in [0.05, 0.1) is 15.5 Å². The van der Waals surface area contributed by atoms with E-state index in [9.17, 15) is 20.2 Å². The molecule has 0 atom stereocenters. The molecule has 0 spiro atoms. The van der Waals surface area contributed by atoms with Crippen molar-refractivity contribution in [1.82, 2.24) is 14.8 Å². The summed E-state index contributed by atoms with van der Waals surface area (Å²) in [4.78, 5) is 24.7. The Morgan fingerprint density at radius 1 is 0.913 bits per heavy atom. The van der Waals surface area contributed by atoms with Crippen molar-refractivity contribution in [2.45, 2.75) is 0 Å². The fraction of sp³-hybridized carbons (Fsp3) is 0. The largest absolute Gasteiger partial charge is 0.270 e. The second-order valence-electron chi connectivity index (χ2n) is 4.58. The molecule has 3 aromatic rings. The van der Waals surface area contributed by atoms with E-state index in [1.54, 1.807) is 12.1 Å². The number of aromatic nitrogens is 3. The van der Waals surface area contributed by atoms with Gasteiger partial charge in [0.25, 0.3) is 11.4 Å². The van der Waals surface area contributed by atoms with Gasteiger partial charge in [0.1, 0.15) is 6.33 Å². The molecule has 0 N–H and O–H groups in total. The summed E-state index contributed by atoms with van der Waals surface area (Å²) in [6.45, 7) is 0. The number of hydrogen-bond acceptors (Lipinski definition) is 6. The summed E-state index contributed by atoms with van der Waals surface area (Å²) in [5, 5.41) is 25.7. The van der Waals surface area contributed by atoms with Crippen molar-refractivity contribution in [3.8, 4) is 17.1 Å². The topological polar surface area (TPSA) is 117 Å². The Hall–Kier alpha value is -3.62. The van der Waals surface area contributed by atoms with E-state index in [1.807, 2.05) is 0 Å². The van der Waals surface area contributed by atoms with Crippen LogP contribution < -0.4 is 0 Å². The first-order valence-electron chi connectivity index (χ1n) is 6.46. The predicted molar refractivity (Wildman–Crippen MR) is 80.1 cm³/mol. The molecular formula is C14H9N5O4. The Kier molecular flexibility index (Phi) is 3.51. The third-order valence-electron chi connectivity index (χ3n) is 3.17. The van der Waals surface area contributed by atoms with Crippen LogP contribution in [0.25, 0.3) is 17.1 Å². The minimum absolute atomic E-state index is 0.0363. The van der Waals surface area contributed by atoms with Crippen molar-refractivity contribution in [1.29, 1.82) is 0 Å². The van der Waals surface area contributed by atoms with Crippen molar-refractivity contribution in [2.24, 2.45) is 0 Å². The lowest BCUT2D eigenvalue weighted by molar-refractivity contribution is -0.385. The zero-order chi connectivity index (χ0) is 16.4. The lowest BCUT2D eigenvalue weighted by Crippen LogP contribution is -2.00. The molecule has 114 valence electrons. The highest BCUT2D eigenvalue weighted by molar-refractivity contribution is 5.61. The molecule has 0 saturated heterocycles. The van der Waals surface area contributed by atoms with Gasteiger partial charge < -0.3 is 0 Å². The molecule has 0 amide bonds. The van der Waals surface area contributed by atoms with Crippen molar-refractivity contribution in [3.05, 3.63) is 75.1 Å². The van der Waals surface area contributed by atoms with E-state index >= 15 is 0 Å². The normalized spacial score (nSPS) is 10.4. The minimum Gasteiger partial charge on any atom is -0.258 e. The molecular weight excluding hydrogens is 302 g/mol. The average Bonchev–Trinajstić information content (AvgIpc) is 3.04. The molecule has 0 unspecified atom stereocenters. The molecule has 0 radical (unpaired) electrons. The first kappa shape index (κ1) is 14.3. The van der Waals surface area contributed by atoms with E-state index in [4.69, 9.17) is 0 Å². The summed E-state index contributed by atoms with van der Waals surface area (Å²) >= 11 is 0. The molecule has 1 aromatic heterocycles. The summed E-state index contributed by atoms with van der Waals surface area (Å²) in [6.07, 6.45) is 1.32. The van der Waals surface area contributed by atoms with Gasteiger partial charge in [-0.3, -0.25) is 20.2 Å². The lowest BCUT2D eigenvalue weighted by atomic mass is 10.2. The van der Waals surface area contributed by atoms with Crippen molar-refractivity contribution in [3.63, 3.8) is 0 Å². The van der Waals surface area contributed by atoms with Crippen molar-refractivity contribution in [2.75, 3.05) is 0 Å². The first-order chi connectivity index (χ1) is 11.1. The molecule has 0 aliphatic carbocycles. The first-order valence-corrected chi connectivity index (χ1v) is 6.46. The molecule has 0 saturated carbocycles. The van der Waals surface area contributed by atoms with Crippen LogP contribution >= 0.6 is 0 Å². The standard InChI is InChI=1S/C14H9N5O4/c20-18(21)12-6-4-11(5-7-12)17-14(15-9-16-17)10-2-1-3-13(8-10)19(22)23/h1-9H. The van der Waals surface area contributed by atoms with Crippen LogP contribution in [0.1, 0.15) is 0 Å². The van der Waals surface area contributed by atoms with Gasteiger partial charge in [-0.2, -0.15) is 5.10 Å². The van der Waals surface area contributed by atoms with Crippen LogP contribution in [0.3, 0.4) is 0 Å². The highest BCUT2D eigenvalue weighted by Gasteiger charge is 2.14. The number of benzene rings is 2. The second kappa shape index (κ2) is 5.64. The Balaban J connectivity index is 2.04. The molecule has 0 bridgehead atoms. The number of nitrogens with zero attached hydrogens (tertiary/aromatic N) is 5. The molecule has 1 heterocycles. The van der Waals surface area contributed by atoms with Crippen LogP contribution in [0.2, 0.25) is 0 Å². The van der Waals surface area contributed by atoms with Crippen LogP contribution in [-0.4, -0.2) is 24.6 Å². The summed E-state index contributed by atoms with van der Waals surface area (Å²) in [7, 11) is 0. The zero-order valence-electron chi connectivity index (χ0n) is 11.6. The fourth-order valence-electron chi connectivity index (χ4n) is 2.10. The minimum atomic E-state index is -0.493. The third kappa shape index (κ3) is 2.75. The van der Waals surface area contributed by atoms with Crippen LogP contribution in [-0.2, 0) is 0 Å². The van der Waals surface area contributed by atoms with Crippen LogP contribution in [0.5, 0.6) is 0 Å². The number of rotatable bonds is 4. The van der Waals surface area contributed by atoms with Gasteiger partial charge in [0.2, 0.25) is 0 Å². The quantitative estimate of drug-likeness (QED) is 0.540. The summed E-state index contributed by atoms with van der Waals surface area (Å²) in [5.41, 5.74) is 0.996. The van der Waals surface area contributed by atoms with Gasteiger partial charge in [0.15, 0.2) is 5.82 Å². The SMILES string of the molecule is O=[N+]([O-])c1ccc(-n2ncnc2-c2cccc([N+](=O)[O-])c2)cc1. The second-order valence-corrected chi connectivity index (χ2v) is 4.58. The monoisotopic (exact) mass is 311 g/mol. The molecule has 3 rings (SSSR count). The number of nitro benzene ring substituents is 2. The van der Waals surface area contributed by atoms with Gasteiger partial charge in [-0.05, 0) is 12.1 Å². The summed E-state index contributed by atoms with van der Waals surface area (Å²) in [6, 6.07) is 11.8. The lowest BCUT2D eigenvalue weighted by Gasteiger charge is -2.06. The highest BCUT2D eigenvalue weighted by atomic mass is 16.6. The Bertz CT molecular complexity index is 888. The smallest absolute Gasteiger partial charge is 0.258 e. The zero-order valence-corrected chi connectivity index (χ0v) is 11.6. The van der Waals surface area contributed by atoms with E-state index in [0.717, 1.165) is 0 Å². The predicted octanol–water partition coefficient (Wildman–Crippen LogP) is 2.75. The van der Waals surface area contributed by atoms with E-state index in [2.05, 4.69) is 10.1 Å². The van der Waals surface area contributed by atoms with E-state index < -0.39 is 9.85 Å². The molecule has 23 heavy (non-hydrogen) atoms. The Morgan fingerprint density at radius 3 is 2.26 bits per heavy atom. The molecule has 0 aliphatic heterocycles. The van der Waals surface area contributed by atoms with Crippen LogP contribution in [0.15, 0.2) is 54.9 Å². The highest BCUT2D eigenvalue weighted by Crippen LogP contribution is 2.24. The van der Waals surface area contributed by atoms with Gasteiger partial charge in [-0.25, -0.2) is 9.67 Å². The van der Waals surface area contributed by atoms with Gasteiger partial charge in [0, 0.05) is 29.8 Å². The van der Waals surface area contributed by atoms with E-state index in [-0.39, 0.29) is 11.4 Å². The maximum atomic E-state index is 10.9. The average molecular weight is 311 g/mol.